The molecule has 1 aromatic carbocycles. The number of fused-ring (bicyclic) bond motifs is 1. The average Bonchev–Trinajstić information content (AvgIpc) is 3.15. The van der Waals surface area contributed by atoms with Gasteiger partial charge in [0.15, 0.2) is 11.5 Å². The van der Waals surface area contributed by atoms with Gasteiger partial charge in [0.05, 0.1) is 0 Å². The summed E-state index contributed by atoms with van der Waals surface area (Å²) in [6.45, 7) is 2.78. The second-order valence-corrected chi connectivity index (χ2v) is 5.94. The molecule has 1 aliphatic rings. The summed E-state index contributed by atoms with van der Waals surface area (Å²) in [7, 11) is 0. The van der Waals surface area contributed by atoms with E-state index in [1.807, 2.05) is 12.1 Å². The van der Waals surface area contributed by atoms with Crippen LogP contribution in [0, 0.1) is 6.92 Å². The number of aromatic nitrogens is 4. The number of rotatable bonds is 2. The molecule has 3 heterocycles. The molecule has 0 radical (unpaired) electrons. The predicted molar refractivity (Wildman–Crippen MR) is 90.3 cm³/mol. The lowest BCUT2D eigenvalue weighted by molar-refractivity contribution is 0.0979. The summed E-state index contributed by atoms with van der Waals surface area (Å²) < 4.78 is 1.75. The number of benzene rings is 1. The van der Waals surface area contributed by atoms with Gasteiger partial charge in [-0.15, -0.1) is 10.2 Å². The standard InChI is InChI=1S/C18H17N5O/c1-13-4-6-16-14(11-13)3-2-9-23(16)18(24)15-5-7-17(21-20-15)22-10-8-19-12-22/h4-8,10-12H,2-3,9H2,1H3. The Morgan fingerprint density at radius 1 is 1.17 bits per heavy atom. The molecule has 0 fully saturated rings. The largest absolute Gasteiger partial charge is 0.307 e. The zero-order chi connectivity index (χ0) is 16.5. The quantitative estimate of drug-likeness (QED) is 0.728. The number of amides is 1. The molecule has 0 unspecified atom stereocenters. The van der Waals surface area contributed by atoms with Crippen LogP contribution in [0.25, 0.3) is 5.82 Å². The third kappa shape index (κ3) is 2.56. The first-order valence-corrected chi connectivity index (χ1v) is 7.96. The van der Waals surface area contributed by atoms with Crippen LogP contribution in [0.15, 0.2) is 49.1 Å². The summed E-state index contributed by atoms with van der Waals surface area (Å²) in [5, 5.41) is 8.24. The minimum absolute atomic E-state index is 0.107. The second kappa shape index (κ2) is 5.88. The van der Waals surface area contributed by atoms with Crippen LogP contribution in [0.5, 0.6) is 0 Å². The van der Waals surface area contributed by atoms with Crippen LogP contribution in [0.2, 0.25) is 0 Å². The van der Waals surface area contributed by atoms with Crippen molar-refractivity contribution in [2.24, 2.45) is 0 Å². The number of hydrogen-bond donors (Lipinski definition) is 0. The third-order valence-corrected chi connectivity index (χ3v) is 4.24. The van der Waals surface area contributed by atoms with E-state index in [1.54, 1.807) is 40.3 Å². The Morgan fingerprint density at radius 2 is 2.08 bits per heavy atom. The smallest absolute Gasteiger partial charge is 0.278 e. The van der Waals surface area contributed by atoms with Gasteiger partial charge in [0.2, 0.25) is 0 Å². The molecule has 6 nitrogen and oxygen atoms in total. The van der Waals surface area contributed by atoms with E-state index in [9.17, 15) is 4.79 Å². The van der Waals surface area contributed by atoms with E-state index < -0.39 is 0 Å². The second-order valence-electron chi connectivity index (χ2n) is 5.94. The maximum Gasteiger partial charge on any atom is 0.278 e. The highest BCUT2D eigenvalue weighted by atomic mass is 16.2. The summed E-state index contributed by atoms with van der Waals surface area (Å²) >= 11 is 0. The molecule has 0 atom stereocenters. The van der Waals surface area contributed by atoms with Crippen molar-refractivity contribution in [1.82, 2.24) is 19.7 Å². The summed E-state index contributed by atoms with van der Waals surface area (Å²) in [5.41, 5.74) is 3.77. The topological polar surface area (TPSA) is 63.9 Å². The van der Waals surface area contributed by atoms with Crippen molar-refractivity contribution in [3.63, 3.8) is 0 Å². The van der Waals surface area contributed by atoms with Crippen molar-refractivity contribution in [3.05, 3.63) is 65.9 Å². The van der Waals surface area contributed by atoms with E-state index in [-0.39, 0.29) is 5.91 Å². The molecule has 0 aliphatic carbocycles. The lowest BCUT2D eigenvalue weighted by atomic mass is 9.99. The lowest BCUT2D eigenvalue weighted by Crippen LogP contribution is -2.36. The number of imidazole rings is 1. The monoisotopic (exact) mass is 319 g/mol. The minimum Gasteiger partial charge on any atom is -0.307 e. The summed E-state index contributed by atoms with van der Waals surface area (Å²) in [4.78, 5) is 18.6. The van der Waals surface area contributed by atoms with Gasteiger partial charge in [0, 0.05) is 24.6 Å². The molecule has 1 aliphatic heterocycles. The van der Waals surface area contributed by atoms with Crippen molar-refractivity contribution in [2.75, 3.05) is 11.4 Å². The molecule has 0 N–H and O–H groups in total. The van der Waals surface area contributed by atoms with Gasteiger partial charge in [0.25, 0.3) is 5.91 Å². The molecule has 1 amide bonds. The van der Waals surface area contributed by atoms with E-state index in [0.717, 1.165) is 18.5 Å². The fraction of sp³-hybridized carbons (Fsp3) is 0.222. The van der Waals surface area contributed by atoms with Crippen LogP contribution in [0.3, 0.4) is 0 Å². The van der Waals surface area contributed by atoms with E-state index in [2.05, 4.69) is 28.2 Å². The Labute approximate surface area is 139 Å². The fourth-order valence-corrected chi connectivity index (χ4v) is 3.05. The SMILES string of the molecule is Cc1ccc2c(c1)CCCN2C(=O)c1ccc(-n2ccnc2)nn1. The number of anilines is 1. The number of hydrogen-bond acceptors (Lipinski definition) is 4. The number of carbonyl (C=O) groups excluding carboxylic acids is 1. The van der Waals surface area contributed by atoms with Crippen molar-refractivity contribution in [1.29, 1.82) is 0 Å². The third-order valence-electron chi connectivity index (χ3n) is 4.24. The normalized spacial score (nSPS) is 13.6. The maximum atomic E-state index is 12.8. The minimum atomic E-state index is -0.107. The molecule has 24 heavy (non-hydrogen) atoms. The highest BCUT2D eigenvalue weighted by molar-refractivity contribution is 6.05. The van der Waals surface area contributed by atoms with Crippen LogP contribution >= 0.6 is 0 Å². The maximum absolute atomic E-state index is 12.8. The van der Waals surface area contributed by atoms with E-state index in [4.69, 9.17) is 0 Å². The van der Waals surface area contributed by atoms with Gasteiger partial charge in [-0.2, -0.15) is 0 Å². The van der Waals surface area contributed by atoms with E-state index in [0.29, 0.717) is 18.1 Å². The zero-order valence-corrected chi connectivity index (χ0v) is 13.4. The van der Waals surface area contributed by atoms with E-state index in [1.165, 1.54) is 11.1 Å². The number of nitrogens with zero attached hydrogens (tertiary/aromatic N) is 5. The highest BCUT2D eigenvalue weighted by Crippen LogP contribution is 2.29. The first-order valence-electron chi connectivity index (χ1n) is 7.96. The summed E-state index contributed by atoms with van der Waals surface area (Å²) in [6, 6.07) is 9.71. The van der Waals surface area contributed by atoms with Crippen LogP contribution in [0.4, 0.5) is 5.69 Å². The van der Waals surface area contributed by atoms with Gasteiger partial charge >= 0.3 is 0 Å². The molecule has 0 saturated heterocycles. The lowest BCUT2D eigenvalue weighted by Gasteiger charge is -2.29. The number of carbonyl (C=O) groups is 1. The van der Waals surface area contributed by atoms with Gasteiger partial charge in [-0.3, -0.25) is 9.36 Å². The van der Waals surface area contributed by atoms with Gasteiger partial charge in [-0.25, -0.2) is 4.98 Å². The Bertz CT molecular complexity index is 871. The van der Waals surface area contributed by atoms with Crippen molar-refractivity contribution in [3.8, 4) is 5.82 Å². The Hall–Kier alpha value is -3.02. The summed E-state index contributed by atoms with van der Waals surface area (Å²) in [6.07, 6.45) is 7.08. The number of aryl methyl sites for hydroxylation is 2. The van der Waals surface area contributed by atoms with Crippen LogP contribution in [-0.2, 0) is 6.42 Å². The Kier molecular flexibility index (Phi) is 3.57. The molecule has 2 aromatic heterocycles. The van der Waals surface area contributed by atoms with Crippen molar-refractivity contribution < 1.29 is 4.79 Å². The van der Waals surface area contributed by atoms with Gasteiger partial charge < -0.3 is 4.90 Å². The molecular weight excluding hydrogens is 302 g/mol. The van der Waals surface area contributed by atoms with Gasteiger partial charge in [0.1, 0.15) is 6.33 Å². The molecule has 6 heteroatoms. The summed E-state index contributed by atoms with van der Waals surface area (Å²) in [5.74, 6) is 0.531. The van der Waals surface area contributed by atoms with Crippen LogP contribution < -0.4 is 4.90 Å². The molecule has 0 spiro atoms. The first kappa shape index (κ1) is 14.6. The van der Waals surface area contributed by atoms with Crippen LogP contribution in [-0.4, -0.2) is 32.2 Å². The molecule has 0 saturated carbocycles. The Balaban J connectivity index is 1.63. The van der Waals surface area contributed by atoms with E-state index >= 15 is 0 Å². The zero-order valence-electron chi connectivity index (χ0n) is 13.4. The van der Waals surface area contributed by atoms with Gasteiger partial charge in [-0.1, -0.05) is 17.7 Å². The van der Waals surface area contributed by atoms with Crippen LogP contribution in [0.1, 0.15) is 28.0 Å². The molecular formula is C18H17N5O. The fourth-order valence-electron chi connectivity index (χ4n) is 3.05. The molecule has 120 valence electrons. The first-order chi connectivity index (χ1) is 11.7. The molecule has 0 bridgehead atoms. The van der Waals surface area contributed by atoms with Crippen molar-refractivity contribution >= 4 is 11.6 Å². The Morgan fingerprint density at radius 3 is 2.83 bits per heavy atom. The molecule has 3 aromatic rings. The molecule has 4 rings (SSSR count). The average molecular weight is 319 g/mol. The van der Waals surface area contributed by atoms with Gasteiger partial charge in [-0.05, 0) is 43.5 Å². The highest BCUT2D eigenvalue weighted by Gasteiger charge is 2.24. The van der Waals surface area contributed by atoms with Crippen molar-refractivity contribution in [2.45, 2.75) is 19.8 Å². The predicted octanol–water partition coefficient (Wildman–Crippen LogP) is 2.56.